The molecule has 0 aliphatic carbocycles. The van der Waals surface area contributed by atoms with Crippen LogP contribution in [-0.2, 0) is 16.0 Å². The van der Waals surface area contributed by atoms with Crippen LogP contribution in [0.1, 0.15) is 25.3 Å². The molecule has 1 fully saturated rings. The summed E-state index contributed by atoms with van der Waals surface area (Å²) in [5.74, 6) is 0.996. The Morgan fingerprint density at radius 2 is 1.79 bits per heavy atom. The second kappa shape index (κ2) is 10.1. The van der Waals surface area contributed by atoms with Gasteiger partial charge in [-0.2, -0.15) is 0 Å². The minimum Gasteiger partial charge on any atom is -0.495 e. The average molecular weight is 396 g/mol. The lowest BCUT2D eigenvalue weighted by molar-refractivity contribution is -0.117. The van der Waals surface area contributed by atoms with Crippen molar-refractivity contribution in [2.24, 2.45) is 5.92 Å². The maximum Gasteiger partial charge on any atom is 0.238 e. The van der Waals surface area contributed by atoms with Crippen LogP contribution < -0.4 is 15.4 Å². The number of benzene rings is 2. The fourth-order valence-corrected chi connectivity index (χ4v) is 3.78. The van der Waals surface area contributed by atoms with Crippen LogP contribution in [0.5, 0.6) is 5.75 Å². The van der Waals surface area contributed by atoms with Crippen molar-refractivity contribution < 1.29 is 14.3 Å². The van der Waals surface area contributed by atoms with Crippen molar-refractivity contribution in [3.8, 4) is 5.75 Å². The maximum atomic E-state index is 12.6. The SMILES string of the molecule is COc1ccc(NC(C)=O)cc1NC(=O)CN1CCC(Cc2ccccc2)CC1. The van der Waals surface area contributed by atoms with Crippen LogP contribution in [0.2, 0.25) is 0 Å². The highest BCUT2D eigenvalue weighted by Crippen LogP contribution is 2.28. The van der Waals surface area contributed by atoms with Gasteiger partial charge in [0.25, 0.3) is 0 Å². The maximum absolute atomic E-state index is 12.6. The van der Waals surface area contributed by atoms with E-state index < -0.39 is 0 Å². The Hall–Kier alpha value is -2.86. The number of carbonyl (C=O) groups is 2. The molecule has 0 saturated carbocycles. The number of methoxy groups -OCH3 is 1. The molecule has 3 rings (SSSR count). The van der Waals surface area contributed by atoms with Gasteiger partial charge in [0, 0.05) is 12.6 Å². The molecular weight excluding hydrogens is 366 g/mol. The zero-order chi connectivity index (χ0) is 20.6. The third-order valence-corrected chi connectivity index (χ3v) is 5.24. The van der Waals surface area contributed by atoms with Gasteiger partial charge in [0.05, 0.1) is 19.3 Å². The number of rotatable bonds is 7. The largest absolute Gasteiger partial charge is 0.495 e. The van der Waals surface area contributed by atoms with E-state index in [2.05, 4.69) is 39.8 Å². The first-order chi connectivity index (χ1) is 14.0. The van der Waals surface area contributed by atoms with Crippen LogP contribution >= 0.6 is 0 Å². The van der Waals surface area contributed by atoms with Gasteiger partial charge in [0.15, 0.2) is 0 Å². The highest BCUT2D eigenvalue weighted by molar-refractivity contribution is 5.95. The van der Waals surface area contributed by atoms with Crippen LogP contribution in [0.15, 0.2) is 48.5 Å². The highest BCUT2D eigenvalue weighted by Gasteiger charge is 2.21. The molecule has 0 unspecified atom stereocenters. The van der Waals surface area contributed by atoms with Crippen molar-refractivity contribution in [1.82, 2.24) is 4.90 Å². The zero-order valence-electron chi connectivity index (χ0n) is 17.1. The predicted octanol–water partition coefficient (Wildman–Crippen LogP) is 3.55. The molecule has 2 aromatic rings. The van der Waals surface area contributed by atoms with Gasteiger partial charge < -0.3 is 15.4 Å². The Kier molecular flexibility index (Phi) is 7.25. The van der Waals surface area contributed by atoms with E-state index in [4.69, 9.17) is 4.74 Å². The predicted molar refractivity (Wildman–Crippen MR) is 115 cm³/mol. The number of piperidine rings is 1. The summed E-state index contributed by atoms with van der Waals surface area (Å²) in [5.41, 5.74) is 2.56. The minimum absolute atomic E-state index is 0.0789. The number of hydrogen-bond donors (Lipinski definition) is 2. The Morgan fingerprint density at radius 1 is 1.07 bits per heavy atom. The number of anilines is 2. The molecule has 154 valence electrons. The van der Waals surface area contributed by atoms with E-state index in [0.29, 0.717) is 29.6 Å². The summed E-state index contributed by atoms with van der Waals surface area (Å²) >= 11 is 0. The lowest BCUT2D eigenvalue weighted by Crippen LogP contribution is -2.39. The lowest BCUT2D eigenvalue weighted by Gasteiger charge is -2.31. The highest BCUT2D eigenvalue weighted by atomic mass is 16.5. The van der Waals surface area contributed by atoms with Gasteiger partial charge in [-0.25, -0.2) is 0 Å². The number of hydrogen-bond acceptors (Lipinski definition) is 4. The van der Waals surface area contributed by atoms with Gasteiger partial charge in [-0.3, -0.25) is 14.5 Å². The topological polar surface area (TPSA) is 70.7 Å². The van der Waals surface area contributed by atoms with Gasteiger partial charge in [-0.05, 0) is 62.0 Å². The molecule has 2 aromatic carbocycles. The molecule has 1 saturated heterocycles. The molecule has 1 heterocycles. The molecule has 0 radical (unpaired) electrons. The van der Waals surface area contributed by atoms with Crippen molar-refractivity contribution in [3.63, 3.8) is 0 Å². The normalized spacial score (nSPS) is 15.0. The molecule has 0 bridgehead atoms. The summed E-state index contributed by atoms with van der Waals surface area (Å²) in [6.07, 6.45) is 3.31. The van der Waals surface area contributed by atoms with E-state index in [1.54, 1.807) is 25.3 Å². The van der Waals surface area contributed by atoms with Crippen molar-refractivity contribution in [2.75, 3.05) is 37.4 Å². The Bertz CT molecular complexity index is 831. The molecule has 0 aromatic heterocycles. The van der Waals surface area contributed by atoms with Crippen LogP contribution in [0.4, 0.5) is 11.4 Å². The Balaban J connectivity index is 1.50. The molecule has 6 heteroatoms. The standard InChI is InChI=1S/C23H29N3O3/c1-17(27)24-20-8-9-22(29-2)21(15-20)25-23(28)16-26-12-10-19(11-13-26)14-18-6-4-3-5-7-18/h3-9,15,19H,10-14,16H2,1-2H3,(H,24,27)(H,25,28). The van der Waals surface area contributed by atoms with E-state index in [-0.39, 0.29) is 11.8 Å². The second-order valence-corrected chi connectivity index (χ2v) is 7.55. The first-order valence-electron chi connectivity index (χ1n) is 10.0. The van der Waals surface area contributed by atoms with Crippen molar-refractivity contribution in [1.29, 1.82) is 0 Å². The molecule has 1 aliphatic heterocycles. The third-order valence-electron chi connectivity index (χ3n) is 5.24. The third kappa shape index (κ3) is 6.32. The number of likely N-dealkylation sites (tertiary alicyclic amines) is 1. The lowest BCUT2D eigenvalue weighted by atomic mass is 9.90. The van der Waals surface area contributed by atoms with E-state index >= 15 is 0 Å². The van der Waals surface area contributed by atoms with Crippen LogP contribution in [0, 0.1) is 5.92 Å². The van der Waals surface area contributed by atoms with Crippen molar-refractivity contribution in [2.45, 2.75) is 26.2 Å². The van der Waals surface area contributed by atoms with Gasteiger partial charge in [-0.15, -0.1) is 0 Å². The number of amides is 2. The molecular formula is C23H29N3O3. The number of carbonyl (C=O) groups excluding carboxylic acids is 2. The monoisotopic (exact) mass is 395 g/mol. The molecule has 2 N–H and O–H groups in total. The fourth-order valence-electron chi connectivity index (χ4n) is 3.78. The summed E-state index contributed by atoms with van der Waals surface area (Å²) in [6, 6.07) is 15.8. The van der Waals surface area contributed by atoms with Gasteiger partial charge in [0.2, 0.25) is 11.8 Å². The molecule has 0 spiro atoms. The summed E-state index contributed by atoms with van der Waals surface area (Å²) in [6.45, 7) is 3.65. The second-order valence-electron chi connectivity index (χ2n) is 7.55. The van der Waals surface area contributed by atoms with Crippen molar-refractivity contribution in [3.05, 3.63) is 54.1 Å². The number of ether oxygens (including phenoxy) is 1. The van der Waals surface area contributed by atoms with Crippen LogP contribution in [-0.4, -0.2) is 43.5 Å². The minimum atomic E-state index is -0.161. The summed E-state index contributed by atoms with van der Waals surface area (Å²) < 4.78 is 5.33. The first-order valence-corrected chi connectivity index (χ1v) is 10.0. The molecule has 0 atom stereocenters. The summed E-state index contributed by atoms with van der Waals surface area (Å²) in [7, 11) is 1.56. The number of nitrogens with zero attached hydrogens (tertiary/aromatic N) is 1. The molecule has 29 heavy (non-hydrogen) atoms. The molecule has 2 amide bonds. The van der Waals surface area contributed by atoms with Gasteiger partial charge in [0.1, 0.15) is 5.75 Å². The van der Waals surface area contributed by atoms with Crippen LogP contribution in [0.25, 0.3) is 0 Å². The smallest absolute Gasteiger partial charge is 0.238 e. The summed E-state index contributed by atoms with van der Waals surface area (Å²) in [5, 5.41) is 5.64. The molecule has 1 aliphatic rings. The fraction of sp³-hybridized carbons (Fsp3) is 0.391. The van der Waals surface area contributed by atoms with E-state index in [0.717, 1.165) is 32.4 Å². The van der Waals surface area contributed by atoms with Crippen LogP contribution in [0.3, 0.4) is 0 Å². The Labute approximate surface area is 172 Å². The van der Waals surface area contributed by atoms with Gasteiger partial charge in [-0.1, -0.05) is 30.3 Å². The van der Waals surface area contributed by atoms with E-state index in [9.17, 15) is 9.59 Å². The zero-order valence-corrected chi connectivity index (χ0v) is 17.1. The quantitative estimate of drug-likeness (QED) is 0.752. The molecule has 6 nitrogen and oxygen atoms in total. The number of nitrogens with one attached hydrogen (secondary N) is 2. The summed E-state index contributed by atoms with van der Waals surface area (Å²) in [4.78, 5) is 26.0. The Morgan fingerprint density at radius 3 is 2.45 bits per heavy atom. The first kappa shape index (κ1) is 20.9. The van der Waals surface area contributed by atoms with E-state index in [1.807, 2.05) is 6.07 Å². The average Bonchev–Trinajstić information content (AvgIpc) is 2.70. The van der Waals surface area contributed by atoms with E-state index in [1.165, 1.54) is 12.5 Å². The van der Waals surface area contributed by atoms with Crippen molar-refractivity contribution >= 4 is 23.2 Å². The van der Waals surface area contributed by atoms with Gasteiger partial charge >= 0.3 is 0 Å².